The van der Waals surface area contributed by atoms with E-state index in [1.807, 2.05) is 18.2 Å². The summed E-state index contributed by atoms with van der Waals surface area (Å²) in [5.41, 5.74) is 2.33. The zero-order chi connectivity index (χ0) is 25.2. The van der Waals surface area contributed by atoms with E-state index in [2.05, 4.69) is 38.2 Å². The molecule has 8 nitrogen and oxygen atoms in total. The average Bonchev–Trinajstić information content (AvgIpc) is 3.22. The second kappa shape index (κ2) is 9.72. The van der Waals surface area contributed by atoms with Gasteiger partial charge in [0.25, 0.3) is 10.0 Å². The van der Waals surface area contributed by atoms with E-state index in [-0.39, 0.29) is 4.90 Å². The van der Waals surface area contributed by atoms with Gasteiger partial charge in [-0.05, 0) is 48.0 Å². The van der Waals surface area contributed by atoms with Crippen molar-refractivity contribution in [3.8, 4) is 21.9 Å². The lowest BCUT2D eigenvalue weighted by Crippen LogP contribution is -2.13. The maximum absolute atomic E-state index is 13.0. The molecule has 5 aromatic rings. The summed E-state index contributed by atoms with van der Waals surface area (Å²) < 4.78 is 39.8. The Hall–Kier alpha value is -4.15. The Morgan fingerprint density at radius 1 is 0.811 bits per heavy atom. The standard InChI is InChI=1S/C27H22N4O4S2/c32-37(33,21-11-12-23-24(15-21)35-14-4-13-34-23)31-20-9-7-19(8-10-20)30-26-22-16-25(18-5-2-1-3-6-18)36-27(22)29-17-28-26/h1-3,5-12,15-17,31H,4,13-14H2,(H,28,29,30). The molecule has 0 unspecified atom stereocenters. The molecule has 186 valence electrons. The maximum Gasteiger partial charge on any atom is 0.262 e. The normalized spacial score (nSPS) is 13.2. The van der Waals surface area contributed by atoms with Gasteiger partial charge in [0.15, 0.2) is 11.5 Å². The van der Waals surface area contributed by atoms with Crippen LogP contribution in [0.4, 0.5) is 17.2 Å². The van der Waals surface area contributed by atoms with E-state index in [9.17, 15) is 8.42 Å². The Morgan fingerprint density at radius 3 is 2.38 bits per heavy atom. The van der Waals surface area contributed by atoms with Crippen LogP contribution in [-0.4, -0.2) is 31.6 Å². The van der Waals surface area contributed by atoms with Crippen molar-refractivity contribution < 1.29 is 17.9 Å². The molecule has 0 bridgehead atoms. The van der Waals surface area contributed by atoms with Crippen LogP contribution in [0.5, 0.6) is 11.5 Å². The van der Waals surface area contributed by atoms with Gasteiger partial charge in [-0.2, -0.15) is 0 Å². The molecule has 0 aliphatic carbocycles. The summed E-state index contributed by atoms with van der Waals surface area (Å²) in [7, 11) is -3.81. The fourth-order valence-electron chi connectivity index (χ4n) is 3.98. The third-order valence-corrected chi connectivity index (χ3v) is 8.29. The van der Waals surface area contributed by atoms with Crippen LogP contribution in [0.15, 0.2) is 90.1 Å². The first kappa shape index (κ1) is 23.3. The second-order valence-electron chi connectivity index (χ2n) is 8.38. The Balaban J connectivity index is 1.20. The lowest BCUT2D eigenvalue weighted by Gasteiger charge is -2.12. The van der Waals surface area contributed by atoms with Gasteiger partial charge >= 0.3 is 0 Å². The first-order chi connectivity index (χ1) is 18.0. The van der Waals surface area contributed by atoms with E-state index < -0.39 is 10.0 Å². The number of hydrogen-bond donors (Lipinski definition) is 2. The molecule has 6 rings (SSSR count). The molecular weight excluding hydrogens is 508 g/mol. The monoisotopic (exact) mass is 530 g/mol. The van der Waals surface area contributed by atoms with E-state index in [4.69, 9.17) is 9.47 Å². The van der Waals surface area contributed by atoms with Gasteiger partial charge in [0.05, 0.1) is 23.5 Å². The SMILES string of the molecule is O=S(=O)(Nc1ccc(Nc2ncnc3sc(-c4ccccc4)cc23)cc1)c1ccc2c(c1)OCCCO2. The minimum Gasteiger partial charge on any atom is -0.490 e. The molecule has 0 amide bonds. The molecule has 0 saturated heterocycles. The van der Waals surface area contributed by atoms with E-state index >= 15 is 0 Å². The van der Waals surface area contributed by atoms with Crippen molar-refractivity contribution in [1.29, 1.82) is 0 Å². The van der Waals surface area contributed by atoms with Gasteiger partial charge in [-0.1, -0.05) is 30.3 Å². The van der Waals surface area contributed by atoms with Gasteiger partial charge in [0, 0.05) is 28.7 Å². The maximum atomic E-state index is 13.0. The smallest absolute Gasteiger partial charge is 0.262 e. The molecule has 37 heavy (non-hydrogen) atoms. The summed E-state index contributed by atoms with van der Waals surface area (Å²) in [5.74, 6) is 1.66. The lowest BCUT2D eigenvalue weighted by molar-refractivity contribution is 0.297. The highest BCUT2D eigenvalue weighted by atomic mass is 32.2. The first-order valence-electron chi connectivity index (χ1n) is 11.6. The number of ether oxygens (including phenoxy) is 2. The lowest BCUT2D eigenvalue weighted by atomic mass is 10.2. The molecule has 2 N–H and O–H groups in total. The molecule has 0 spiro atoms. The van der Waals surface area contributed by atoms with Crippen molar-refractivity contribution >= 4 is 48.8 Å². The first-order valence-corrected chi connectivity index (χ1v) is 13.9. The Labute approximate surface area is 218 Å². The van der Waals surface area contributed by atoms with Crippen molar-refractivity contribution in [2.75, 3.05) is 23.3 Å². The third kappa shape index (κ3) is 4.93. The van der Waals surface area contributed by atoms with Gasteiger partial charge in [-0.25, -0.2) is 18.4 Å². The number of hydrogen-bond acceptors (Lipinski definition) is 8. The van der Waals surface area contributed by atoms with Crippen molar-refractivity contribution in [2.24, 2.45) is 0 Å². The molecular formula is C27H22N4O4S2. The molecule has 1 aliphatic rings. The average molecular weight is 531 g/mol. The molecule has 2 aromatic heterocycles. The van der Waals surface area contributed by atoms with Crippen molar-refractivity contribution in [3.05, 3.63) is 85.2 Å². The molecule has 3 heterocycles. The van der Waals surface area contributed by atoms with Crippen LogP contribution in [0.3, 0.4) is 0 Å². The predicted octanol–water partition coefficient (Wildman–Crippen LogP) is 6.06. The van der Waals surface area contributed by atoms with Gasteiger partial charge < -0.3 is 14.8 Å². The highest BCUT2D eigenvalue weighted by molar-refractivity contribution is 7.92. The second-order valence-corrected chi connectivity index (χ2v) is 11.1. The fraction of sp³-hybridized carbons (Fsp3) is 0.111. The molecule has 1 aliphatic heterocycles. The van der Waals surface area contributed by atoms with E-state index in [0.717, 1.165) is 32.8 Å². The third-order valence-electron chi connectivity index (χ3n) is 5.82. The van der Waals surface area contributed by atoms with Crippen molar-refractivity contribution in [3.63, 3.8) is 0 Å². The predicted molar refractivity (Wildman–Crippen MR) is 145 cm³/mol. The number of fused-ring (bicyclic) bond motifs is 2. The molecule has 0 fully saturated rings. The van der Waals surface area contributed by atoms with Crippen LogP contribution in [0, 0.1) is 0 Å². The van der Waals surface area contributed by atoms with Crippen LogP contribution in [0.25, 0.3) is 20.7 Å². The Kier molecular flexibility index (Phi) is 6.11. The summed E-state index contributed by atoms with van der Waals surface area (Å²) in [5, 5.41) is 4.24. The molecule has 0 radical (unpaired) electrons. The highest BCUT2D eigenvalue weighted by Crippen LogP contribution is 2.36. The topological polar surface area (TPSA) is 102 Å². The summed E-state index contributed by atoms with van der Waals surface area (Å²) in [4.78, 5) is 10.9. The van der Waals surface area contributed by atoms with Crippen molar-refractivity contribution in [1.82, 2.24) is 9.97 Å². The molecule has 0 saturated carbocycles. The Morgan fingerprint density at radius 2 is 1.57 bits per heavy atom. The van der Waals surface area contributed by atoms with Gasteiger partial charge in [-0.15, -0.1) is 11.3 Å². The molecule has 3 aromatic carbocycles. The van der Waals surface area contributed by atoms with E-state index in [0.29, 0.717) is 36.2 Å². The highest BCUT2D eigenvalue weighted by Gasteiger charge is 2.19. The van der Waals surface area contributed by atoms with Crippen LogP contribution in [0.2, 0.25) is 0 Å². The van der Waals surface area contributed by atoms with Crippen LogP contribution in [0.1, 0.15) is 6.42 Å². The minimum atomic E-state index is -3.81. The van der Waals surface area contributed by atoms with E-state index in [1.54, 1.807) is 41.7 Å². The minimum absolute atomic E-state index is 0.106. The van der Waals surface area contributed by atoms with Gasteiger partial charge in [-0.3, -0.25) is 4.72 Å². The zero-order valence-electron chi connectivity index (χ0n) is 19.5. The number of benzene rings is 3. The molecule has 10 heteroatoms. The summed E-state index contributed by atoms with van der Waals surface area (Å²) in [6, 6.07) is 23.8. The van der Waals surface area contributed by atoms with Crippen LogP contribution in [-0.2, 0) is 10.0 Å². The number of rotatable bonds is 6. The number of aromatic nitrogens is 2. The van der Waals surface area contributed by atoms with E-state index in [1.165, 1.54) is 18.5 Å². The van der Waals surface area contributed by atoms with Crippen LogP contribution >= 0.6 is 11.3 Å². The quantitative estimate of drug-likeness (QED) is 0.275. The summed E-state index contributed by atoms with van der Waals surface area (Å²) in [6.07, 6.45) is 2.28. The largest absolute Gasteiger partial charge is 0.490 e. The van der Waals surface area contributed by atoms with Gasteiger partial charge in [0.1, 0.15) is 17.0 Å². The number of nitrogens with zero attached hydrogens (tertiary/aromatic N) is 2. The molecule has 0 atom stereocenters. The number of nitrogens with one attached hydrogen (secondary N) is 2. The zero-order valence-corrected chi connectivity index (χ0v) is 21.2. The summed E-state index contributed by atoms with van der Waals surface area (Å²) >= 11 is 1.61. The number of thiophene rings is 1. The van der Waals surface area contributed by atoms with Crippen molar-refractivity contribution in [2.45, 2.75) is 11.3 Å². The van der Waals surface area contributed by atoms with Crippen LogP contribution < -0.4 is 19.5 Å². The summed E-state index contributed by atoms with van der Waals surface area (Å²) in [6.45, 7) is 1.02. The fourth-order valence-corrected chi connectivity index (χ4v) is 6.06. The van der Waals surface area contributed by atoms with Gasteiger partial charge in [0.2, 0.25) is 0 Å². The number of sulfonamides is 1. The number of anilines is 3. The Bertz CT molecular complexity index is 1670.